The van der Waals surface area contributed by atoms with Gasteiger partial charge in [0, 0.05) is 23.7 Å². The summed E-state index contributed by atoms with van der Waals surface area (Å²) in [4.78, 5) is 23.1. The van der Waals surface area contributed by atoms with Crippen molar-refractivity contribution >= 4 is 5.69 Å². The highest BCUT2D eigenvalue weighted by molar-refractivity contribution is 5.63. The van der Waals surface area contributed by atoms with Gasteiger partial charge in [0.1, 0.15) is 11.6 Å². The van der Waals surface area contributed by atoms with Gasteiger partial charge >= 0.3 is 0 Å². The Kier molecular flexibility index (Phi) is 3.94. The summed E-state index contributed by atoms with van der Waals surface area (Å²) in [5.74, 6) is 0. The number of hydrogen-bond donors (Lipinski definition) is 0. The largest absolute Gasteiger partial charge is 0.304 e. The van der Waals surface area contributed by atoms with Crippen LogP contribution in [0.25, 0.3) is 11.3 Å². The Balaban J connectivity index is 2.21. The fraction of sp³-hybridized carbons (Fsp3) is 0.294. The van der Waals surface area contributed by atoms with E-state index in [0.717, 1.165) is 25.7 Å². The van der Waals surface area contributed by atoms with E-state index < -0.39 is 4.92 Å². The van der Waals surface area contributed by atoms with Crippen molar-refractivity contribution in [2.45, 2.75) is 31.7 Å². The van der Waals surface area contributed by atoms with Crippen LogP contribution in [0.15, 0.2) is 41.2 Å². The molecule has 0 atom stereocenters. The third-order valence-corrected chi connectivity index (χ3v) is 4.28. The van der Waals surface area contributed by atoms with Crippen LogP contribution >= 0.6 is 0 Å². The first kappa shape index (κ1) is 15.0. The number of non-ortho nitro benzene ring substituents is 1. The van der Waals surface area contributed by atoms with E-state index in [2.05, 4.69) is 0 Å². The van der Waals surface area contributed by atoms with Crippen molar-refractivity contribution in [3.8, 4) is 17.3 Å². The number of benzene rings is 1. The minimum Gasteiger partial charge on any atom is -0.304 e. The summed E-state index contributed by atoms with van der Waals surface area (Å²) in [6.07, 6.45) is 3.86. The maximum Gasteiger partial charge on any atom is 0.270 e. The Morgan fingerprint density at radius 3 is 2.61 bits per heavy atom. The third kappa shape index (κ3) is 2.73. The molecule has 1 aromatic heterocycles. The number of hydrogen-bond acceptors (Lipinski definition) is 4. The summed E-state index contributed by atoms with van der Waals surface area (Å²) in [6, 6.07) is 11.4. The van der Waals surface area contributed by atoms with E-state index in [1.807, 2.05) is 6.07 Å². The third-order valence-electron chi connectivity index (χ3n) is 4.28. The second-order valence-corrected chi connectivity index (χ2v) is 5.66. The fourth-order valence-electron chi connectivity index (χ4n) is 3.18. The summed E-state index contributed by atoms with van der Waals surface area (Å²) < 4.78 is 1.64. The van der Waals surface area contributed by atoms with Crippen LogP contribution in [0, 0.1) is 21.4 Å². The molecule has 116 valence electrons. The number of nitro groups is 1. The van der Waals surface area contributed by atoms with Gasteiger partial charge in [0.05, 0.1) is 10.6 Å². The van der Waals surface area contributed by atoms with E-state index >= 15 is 0 Å². The first-order valence-corrected chi connectivity index (χ1v) is 7.52. The Bertz CT molecular complexity index is 858. The highest BCUT2D eigenvalue weighted by Crippen LogP contribution is 2.33. The number of pyridine rings is 1. The lowest BCUT2D eigenvalue weighted by atomic mass is 10.1. The zero-order chi connectivity index (χ0) is 16.4. The van der Waals surface area contributed by atoms with Crippen molar-refractivity contribution in [1.82, 2.24) is 4.57 Å². The second kappa shape index (κ2) is 6.05. The van der Waals surface area contributed by atoms with Crippen LogP contribution in [-0.2, 0) is 0 Å². The van der Waals surface area contributed by atoms with Crippen LogP contribution in [0.5, 0.6) is 0 Å². The molecule has 0 bridgehead atoms. The molecular formula is C17H15N3O3. The number of nitriles is 1. The average molecular weight is 309 g/mol. The van der Waals surface area contributed by atoms with E-state index in [1.165, 1.54) is 18.2 Å². The number of nitrogens with zero attached hydrogens (tertiary/aromatic N) is 3. The summed E-state index contributed by atoms with van der Waals surface area (Å²) in [6.45, 7) is 0. The minimum atomic E-state index is -0.453. The van der Waals surface area contributed by atoms with Crippen LogP contribution in [0.3, 0.4) is 0 Å². The predicted octanol–water partition coefficient (Wildman–Crippen LogP) is 3.41. The van der Waals surface area contributed by atoms with Crippen molar-refractivity contribution < 1.29 is 4.92 Å². The average Bonchev–Trinajstić information content (AvgIpc) is 3.08. The summed E-state index contributed by atoms with van der Waals surface area (Å²) >= 11 is 0. The molecule has 0 aliphatic heterocycles. The van der Waals surface area contributed by atoms with Crippen LogP contribution in [0.4, 0.5) is 5.69 Å². The highest BCUT2D eigenvalue weighted by atomic mass is 16.6. The first-order chi connectivity index (χ1) is 11.1. The molecule has 1 aromatic carbocycles. The monoisotopic (exact) mass is 309 g/mol. The van der Waals surface area contributed by atoms with Crippen molar-refractivity contribution in [1.29, 1.82) is 5.26 Å². The van der Waals surface area contributed by atoms with Crippen LogP contribution in [0.2, 0.25) is 0 Å². The molecule has 23 heavy (non-hydrogen) atoms. The summed E-state index contributed by atoms with van der Waals surface area (Å²) in [5, 5.41) is 20.1. The van der Waals surface area contributed by atoms with Gasteiger partial charge in [-0.2, -0.15) is 5.26 Å². The van der Waals surface area contributed by atoms with Gasteiger partial charge in [0.2, 0.25) is 0 Å². The number of nitro benzene ring substituents is 1. The standard InChI is InChI=1S/C17H15N3O3/c18-11-13-8-9-16(12-4-3-7-15(10-12)20(22)23)19(17(13)21)14-5-1-2-6-14/h3-4,7-10,14H,1-2,5-6H2. The fourth-order valence-corrected chi connectivity index (χ4v) is 3.18. The maximum atomic E-state index is 12.6. The first-order valence-electron chi connectivity index (χ1n) is 7.52. The molecule has 0 radical (unpaired) electrons. The Morgan fingerprint density at radius 1 is 1.22 bits per heavy atom. The zero-order valence-corrected chi connectivity index (χ0v) is 12.4. The smallest absolute Gasteiger partial charge is 0.270 e. The van der Waals surface area contributed by atoms with E-state index in [1.54, 1.807) is 22.8 Å². The van der Waals surface area contributed by atoms with Gasteiger partial charge in [-0.25, -0.2) is 0 Å². The van der Waals surface area contributed by atoms with Crippen molar-refractivity contribution in [2.75, 3.05) is 0 Å². The van der Waals surface area contributed by atoms with Gasteiger partial charge in [0.15, 0.2) is 0 Å². The lowest BCUT2D eigenvalue weighted by Crippen LogP contribution is -2.27. The second-order valence-electron chi connectivity index (χ2n) is 5.66. The topological polar surface area (TPSA) is 88.9 Å². The van der Waals surface area contributed by atoms with E-state index in [9.17, 15) is 14.9 Å². The molecule has 6 nitrogen and oxygen atoms in total. The van der Waals surface area contributed by atoms with Crippen molar-refractivity contribution in [3.05, 3.63) is 62.4 Å². The zero-order valence-electron chi connectivity index (χ0n) is 12.4. The van der Waals surface area contributed by atoms with E-state index in [0.29, 0.717) is 11.3 Å². The van der Waals surface area contributed by atoms with Gasteiger partial charge < -0.3 is 4.57 Å². The molecule has 1 aliphatic carbocycles. The molecule has 2 aromatic rings. The van der Waals surface area contributed by atoms with Crippen LogP contribution < -0.4 is 5.56 Å². The molecule has 0 amide bonds. The molecule has 6 heteroatoms. The molecule has 0 saturated heterocycles. The Hall–Kier alpha value is -2.94. The molecule has 0 spiro atoms. The number of rotatable bonds is 3. The van der Waals surface area contributed by atoms with Gasteiger partial charge in [-0.1, -0.05) is 25.0 Å². The van der Waals surface area contributed by atoms with Gasteiger partial charge in [0.25, 0.3) is 11.2 Å². The van der Waals surface area contributed by atoms with Crippen molar-refractivity contribution in [3.63, 3.8) is 0 Å². The van der Waals surface area contributed by atoms with Crippen LogP contribution in [0.1, 0.15) is 37.3 Å². The molecule has 0 N–H and O–H groups in total. The molecule has 1 heterocycles. The Morgan fingerprint density at radius 2 is 1.96 bits per heavy atom. The molecular weight excluding hydrogens is 294 g/mol. The maximum absolute atomic E-state index is 12.6. The summed E-state index contributed by atoms with van der Waals surface area (Å²) in [5.41, 5.74) is 1.02. The van der Waals surface area contributed by atoms with Crippen LogP contribution in [-0.4, -0.2) is 9.49 Å². The SMILES string of the molecule is N#Cc1ccc(-c2cccc([N+](=O)[O-])c2)n(C2CCCC2)c1=O. The molecule has 1 saturated carbocycles. The normalized spacial score (nSPS) is 14.6. The highest BCUT2D eigenvalue weighted by Gasteiger charge is 2.23. The summed E-state index contributed by atoms with van der Waals surface area (Å²) in [7, 11) is 0. The lowest BCUT2D eigenvalue weighted by Gasteiger charge is -2.19. The molecule has 1 fully saturated rings. The molecule has 1 aliphatic rings. The molecule has 0 unspecified atom stereocenters. The molecule has 3 rings (SSSR count). The quantitative estimate of drug-likeness (QED) is 0.642. The Labute approximate surface area is 132 Å². The van der Waals surface area contributed by atoms with Gasteiger partial charge in [-0.05, 0) is 25.0 Å². The van der Waals surface area contributed by atoms with E-state index in [4.69, 9.17) is 5.26 Å². The minimum absolute atomic E-state index is 0.0164. The predicted molar refractivity (Wildman–Crippen MR) is 85.0 cm³/mol. The van der Waals surface area contributed by atoms with Crippen molar-refractivity contribution in [2.24, 2.45) is 0 Å². The number of aromatic nitrogens is 1. The van der Waals surface area contributed by atoms with Gasteiger partial charge in [-0.3, -0.25) is 14.9 Å². The lowest BCUT2D eigenvalue weighted by molar-refractivity contribution is -0.384. The van der Waals surface area contributed by atoms with E-state index in [-0.39, 0.29) is 22.9 Å². The van der Waals surface area contributed by atoms with Gasteiger partial charge in [-0.15, -0.1) is 0 Å².